The molecule has 0 aliphatic heterocycles. The van der Waals surface area contributed by atoms with Crippen molar-refractivity contribution in [2.45, 2.75) is 12.3 Å². The molecule has 0 fully saturated rings. The molecule has 1 atom stereocenters. The summed E-state index contributed by atoms with van der Waals surface area (Å²) in [6.45, 7) is 1.82. The molecule has 0 saturated heterocycles. The first-order valence-corrected chi connectivity index (χ1v) is 7.01. The summed E-state index contributed by atoms with van der Waals surface area (Å²) in [4.78, 5) is 4.52. The number of hydrogen-bond donors (Lipinski definition) is 0. The summed E-state index contributed by atoms with van der Waals surface area (Å²) in [6, 6.07) is 12.1. The number of methoxy groups -OCH3 is 1. The van der Waals surface area contributed by atoms with Crippen molar-refractivity contribution in [2.75, 3.05) is 7.11 Å². The Morgan fingerprint density at radius 1 is 1.24 bits per heavy atom. The Balaban J connectivity index is 2.34. The number of hydrogen-bond acceptors (Lipinski definition) is 2. The van der Waals surface area contributed by atoms with Gasteiger partial charge in [0.1, 0.15) is 17.4 Å². The van der Waals surface area contributed by atoms with Gasteiger partial charge in [-0.2, -0.15) is 0 Å². The standard InChI is InChI=1S/C16H14ClFN2O/c1-10(17)16-19-13-9-11(21-2)7-8-15(13)20(16)14-6-4-3-5-12(14)18/h3-10H,1-2H3. The molecule has 0 aliphatic carbocycles. The predicted molar refractivity (Wildman–Crippen MR) is 81.8 cm³/mol. The zero-order chi connectivity index (χ0) is 15.0. The van der Waals surface area contributed by atoms with E-state index in [1.165, 1.54) is 6.07 Å². The topological polar surface area (TPSA) is 27.1 Å². The minimum Gasteiger partial charge on any atom is -0.497 e. The van der Waals surface area contributed by atoms with Crippen LogP contribution in [0, 0.1) is 5.82 Å². The van der Waals surface area contributed by atoms with Crippen molar-refractivity contribution in [3.05, 3.63) is 54.1 Å². The lowest BCUT2D eigenvalue weighted by Crippen LogP contribution is -2.03. The highest BCUT2D eigenvalue weighted by Crippen LogP contribution is 2.30. The van der Waals surface area contributed by atoms with Crippen LogP contribution in [0.2, 0.25) is 0 Å². The number of aromatic nitrogens is 2. The molecule has 1 heterocycles. The normalized spacial score (nSPS) is 12.6. The quantitative estimate of drug-likeness (QED) is 0.667. The van der Waals surface area contributed by atoms with Gasteiger partial charge in [0.2, 0.25) is 0 Å². The third-order valence-corrected chi connectivity index (χ3v) is 3.53. The highest BCUT2D eigenvalue weighted by Gasteiger charge is 2.18. The Hall–Kier alpha value is -2.07. The fourth-order valence-electron chi connectivity index (χ4n) is 2.36. The van der Waals surface area contributed by atoms with Crippen LogP contribution in [-0.4, -0.2) is 16.7 Å². The molecule has 3 aromatic rings. The number of rotatable bonds is 3. The van der Waals surface area contributed by atoms with Crippen LogP contribution in [-0.2, 0) is 0 Å². The van der Waals surface area contributed by atoms with Gasteiger partial charge in [0.05, 0.1) is 29.2 Å². The van der Waals surface area contributed by atoms with E-state index in [0.717, 1.165) is 11.0 Å². The van der Waals surface area contributed by atoms with Crippen LogP contribution in [0.3, 0.4) is 0 Å². The van der Waals surface area contributed by atoms with Gasteiger partial charge in [0.15, 0.2) is 0 Å². The molecule has 3 rings (SSSR count). The van der Waals surface area contributed by atoms with E-state index in [2.05, 4.69) is 4.98 Å². The Kier molecular flexibility index (Phi) is 3.55. The number of ether oxygens (including phenoxy) is 1. The maximum atomic E-state index is 14.2. The zero-order valence-electron chi connectivity index (χ0n) is 11.7. The third-order valence-electron chi connectivity index (χ3n) is 3.34. The molecule has 1 unspecified atom stereocenters. The molecule has 2 aromatic carbocycles. The second-order valence-electron chi connectivity index (χ2n) is 4.73. The Bertz CT molecular complexity index is 798. The minimum absolute atomic E-state index is 0.314. The van der Waals surface area contributed by atoms with Crippen LogP contribution in [0.25, 0.3) is 16.7 Å². The molecular weight excluding hydrogens is 291 g/mol. The van der Waals surface area contributed by atoms with E-state index in [1.807, 2.05) is 25.1 Å². The van der Waals surface area contributed by atoms with Gasteiger partial charge >= 0.3 is 0 Å². The van der Waals surface area contributed by atoms with Crippen molar-refractivity contribution in [3.63, 3.8) is 0 Å². The first-order valence-electron chi connectivity index (χ1n) is 6.57. The van der Waals surface area contributed by atoms with Crippen LogP contribution in [0.1, 0.15) is 18.1 Å². The van der Waals surface area contributed by atoms with E-state index in [-0.39, 0.29) is 11.2 Å². The van der Waals surface area contributed by atoms with Crippen molar-refractivity contribution in [3.8, 4) is 11.4 Å². The summed E-state index contributed by atoms with van der Waals surface area (Å²) in [6.07, 6.45) is 0. The van der Waals surface area contributed by atoms with Gasteiger partial charge in [-0.1, -0.05) is 12.1 Å². The van der Waals surface area contributed by atoms with E-state index in [1.54, 1.807) is 29.9 Å². The molecule has 21 heavy (non-hydrogen) atoms. The maximum Gasteiger partial charge on any atom is 0.147 e. The van der Waals surface area contributed by atoms with Gasteiger partial charge in [0, 0.05) is 6.07 Å². The molecule has 108 valence electrons. The average molecular weight is 305 g/mol. The first kappa shape index (κ1) is 13.9. The molecular formula is C16H14ClFN2O. The van der Waals surface area contributed by atoms with E-state index >= 15 is 0 Å². The first-order chi connectivity index (χ1) is 10.1. The van der Waals surface area contributed by atoms with Crippen molar-refractivity contribution in [1.82, 2.24) is 9.55 Å². The fourth-order valence-corrected chi connectivity index (χ4v) is 2.51. The van der Waals surface area contributed by atoms with Gasteiger partial charge in [-0.05, 0) is 31.2 Å². The maximum absolute atomic E-state index is 14.2. The van der Waals surface area contributed by atoms with Crippen LogP contribution >= 0.6 is 11.6 Å². The number of alkyl halides is 1. The second-order valence-corrected chi connectivity index (χ2v) is 5.38. The molecule has 0 aliphatic rings. The highest BCUT2D eigenvalue weighted by molar-refractivity contribution is 6.20. The summed E-state index contributed by atoms with van der Waals surface area (Å²) in [5.74, 6) is 0.991. The van der Waals surface area contributed by atoms with E-state index in [0.29, 0.717) is 17.3 Å². The molecule has 0 spiro atoms. The molecule has 0 bridgehead atoms. The molecule has 0 N–H and O–H groups in total. The monoisotopic (exact) mass is 304 g/mol. The largest absolute Gasteiger partial charge is 0.497 e. The molecule has 5 heteroatoms. The number of para-hydroxylation sites is 1. The van der Waals surface area contributed by atoms with E-state index in [9.17, 15) is 4.39 Å². The lowest BCUT2D eigenvalue weighted by molar-refractivity contribution is 0.415. The van der Waals surface area contributed by atoms with Gasteiger partial charge < -0.3 is 4.74 Å². The van der Waals surface area contributed by atoms with Crippen LogP contribution in [0.15, 0.2) is 42.5 Å². The van der Waals surface area contributed by atoms with Crippen LogP contribution < -0.4 is 4.74 Å². The SMILES string of the molecule is COc1ccc2c(c1)nc(C(C)Cl)n2-c1ccccc1F. The second kappa shape index (κ2) is 5.37. The molecule has 0 radical (unpaired) electrons. The number of nitrogens with zero attached hydrogens (tertiary/aromatic N) is 2. The van der Waals surface area contributed by atoms with Crippen molar-refractivity contribution < 1.29 is 9.13 Å². The van der Waals surface area contributed by atoms with E-state index < -0.39 is 0 Å². The minimum atomic E-state index is -0.344. The summed E-state index contributed by atoms with van der Waals surface area (Å²) in [5.41, 5.74) is 1.95. The van der Waals surface area contributed by atoms with Gasteiger partial charge in [-0.3, -0.25) is 4.57 Å². The molecule has 1 aromatic heterocycles. The van der Waals surface area contributed by atoms with E-state index in [4.69, 9.17) is 16.3 Å². The number of fused-ring (bicyclic) bond motifs is 1. The summed E-state index contributed by atoms with van der Waals surface area (Å²) >= 11 is 6.22. The number of imidazole rings is 1. The Morgan fingerprint density at radius 2 is 2.00 bits per heavy atom. The van der Waals surface area contributed by atoms with Gasteiger partial charge in [-0.15, -0.1) is 11.6 Å². The number of halogens is 2. The fraction of sp³-hybridized carbons (Fsp3) is 0.188. The van der Waals surface area contributed by atoms with Crippen LogP contribution in [0.5, 0.6) is 5.75 Å². The molecule has 3 nitrogen and oxygen atoms in total. The predicted octanol–water partition coefficient (Wildman–Crippen LogP) is 4.47. The van der Waals surface area contributed by atoms with Gasteiger partial charge in [-0.25, -0.2) is 9.37 Å². The Labute approximate surface area is 126 Å². The molecule has 0 amide bonds. The van der Waals surface area contributed by atoms with Crippen molar-refractivity contribution >= 4 is 22.6 Å². The zero-order valence-corrected chi connectivity index (χ0v) is 12.4. The van der Waals surface area contributed by atoms with Crippen molar-refractivity contribution in [2.24, 2.45) is 0 Å². The third kappa shape index (κ3) is 2.36. The lowest BCUT2D eigenvalue weighted by Gasteiger charge is -2.11. The number of benzene rings is 2. The van der Waals surface area contributed by atoms with Crippen LogP contribution in [0.4, 0.5) is 4.39 Å². The lowest BCUT2D eigenvalue weighted by atomic mass is 10.2. The summed E-state index contributed by atoms with van der Waals surface area (Å²) in [7, 11) is 1.60. The molecule has 0 saturated carbocycles. The van der Waals surface area contributed by atoms with Crippen molar-refractivity contribution in [1.29, 1.82) is 0 Å². The Morgan fingerprint density at radius 3 is 2.67 bits per heavy atom. The summed E-state index contributed by atoms with van der Waals surface area (Å²) < 4.78 is 21.1. The summed E-state index contributed by atoms with van der Waals surface area (Å²) in [5, 5.41) is -0.344. The highest BCUT2D eigenvalue weighted by atomic mass is 35.5. The van der Waals surface area contributed by atoms with Gasteiger partial charge in [0.25, 0.3) is 0 Å². The smallest absolute Gasteiger partial charge is 0.147 e. The average Bonchev–Trinajstić information content (AvgIpc) is 2.86.